The molecule has 0 spiro atoms. The van der Waals surface area contributed by atoms with Crippen LogP contribution in [-0.4, -0.2) is 22.1 Å². The summed E-state index contributed by atoms with van der Waals surface area (Å²) < 4.78 is 1.16. The molecule has 1 unspecified atom stereocenters. The average molecular weight is 298 g/mol. The van der Waals surface area contributed by atoms with E-state index in [1.807, 2.05) is 42.5 Å². The van der Waals surface area contributed by atoms with Gasteiger partial charge in [0.15, 0.2) is 0 Å². The van der Waals surface area contributed by atoms with Gasteiger partial charge in [-0.15, -0.1) is 11.3 Å². The molecular formula is C16H14N2O2S. The van der Waals surface area contributed by atoms with Gasteiger partial charge in [0, 0.05) is 11.3 Å². The number of para-hydroxylation sites is 1. The van der Waals surface area contributed by atoms with Gasteiger partial charge in [0.05, 0.1) is 10.2 Å². The molecule has 2 N–H and O–H groups in total. The van der Waals surface area contributed by atoms with Gasteiger partial charge in [-0.3, -0.25) is 4.79 Å². The maximum absolute atomic E-state index is 10.8. The van der Waals surface area contributed by atoms with E-state index in [0.29, 0.717) is 0 Å². The van der Waals surface area contributed by atoms with Crippen LogP contribution >= 0.6 is 11.3 Å². The summed E-state index contributed by atoms with van der Waals surface area (Å²) in [4.78, 5) is 15.4. The first kappa shape index (κ1) is 13.6. The quantitative estimate of drug-likeness (QED) is 0.768. The van der Waals surface area contributed by atoms with Gasteiger partial charge in [0.2, 0.25) is 0 Å². The lowest BCUT2D eigenvalue weighted by Crippen LogP contribution is -2.25. The average Bonchev–Trinajstić information content (AvgIpc) is 2.91. The minimum Gasteiger partial charge on any atom is -0.480 e. The molecule has 1 heterocycles. The van der Waals surface area contributed by atoms with Crippen LogP contribution in [0.1, 0.15) is 6.92 Å². The van der Waals surface area contributed by atoms with E-state index < -0.39 is 12.0 Å². The summed E-state index contributed by atoms with van der Waals surface area (Å²) in [5.74, 6) is -0.870. The number of fused-ring (bicyclic) bond motifs is 1. The molecule has 3 rings (SSSR count). The van der Waals surface area contributed by atoms with E-state index in [4.69, 9.17) is 5.11 Å². The summed E-state index contributed by atoms with van der Waals surface area (Å²) in [6.07, 6.45) is 0. The van der Waals surface area contributed by atoms with E-state index in [-0.39, 0.29) is 0 Å². The molecule has 0 fully saturated rings. The fourth-order valence-electron chi connectivity index (χ4n) is 2.02. The first-order chi connectivity index (χ1) is 10.1. The number of carboxylic acids is 1. The SMILES string of the molecule is CC(Nc1ccc(-c2nc3ccccc3s2)cc1)C(=O)O. The van der Waals surface area contributed by atoms with Crippen molar-refractivity contribution < 1.29 is 9.90 Å². The number of benzene rings is 2. The normalized spacial score (nSPS) is 12.2. The maximum atomic E-state index is 10.8. The molecule has 0 saturated heterocycles. The lowest BCUT2D eigenvalue weighted by atomic mass is 10.2. The summed E-state index contributed by atoms with van der Waals surface area (Å²) in [6.45, 7) is 1.61. The van der Waals surface area contributed by atoms with Gasteiger partial charge in [-0.05, 0) is 43.3 Å². The summed E-state index contributed by atoms with van der Waals surface area (Å²) >= 11 is 1.65. The number of anilines is 1. The topological polar surface area (TPSA) is 62.2 Å². The molecule has 106 valence electrons. The molecule has 0 aliphatic heterocycles. The molecule has 0 aliphatic carbocycles. The summed E-state index contributed by atoms with van der Waals surface area (Å²) in [7, 11) is 0. The van der Waals surface area contributed by atoms with Crippen molar-refractivity contribution >= 4 is 33.2 Å². The number of nitrogens with one attached hydrogen (secondary N) is 1. The maximum Gasteiger partial charge on any atom is 0.325 e. The van der Waals surface area contributed by atoms with Crippen LogP contribution in [0.25, 0.3) is 20.8 Å². The van der Waals surface area contributed by atoms with Gasteiger partial charge < -0.3 is 10.4 Å². The summed E-state index contributed by atoms with van der Waals surface area (Å²) in [5.41, 5.74) is 2.82. The van der Waals surface area contributed by atoms with Gasteiger partial charge in [0.1, 0.15) is 11.0 Å². The molecule has 21 heavy (non-hydrogen) atoms. The predicted octanol–water partition coefficient (Wildman–Crippen LogP) is 3.85. The zero-order chi connectivity index (χ0) is 14.8. The molecule has 0 amide bonds. The number of aromatic nitrogens is 1. The minimum absolute atomic E-state index is 0.613. The van der Waals surface area contributed by atoms with Crippen molar-refractivity contribution in [2.45, 2.75) is 13.0 Å². The van der Waals surface area contributed by atoms with Gasteiger partial charge in [-0.1, -0.05) is 12.1 Å². The molecule has 3 aromatic rings. The zero-order valence-electron chi connectivity index (χ0n) is 11.4. The fraction of sp³-hybridized carbons (Fsp3) is 0.125. The molecule has 5 heteroatoms. The Hall–Kier alpha value is -2.40. The molecule has 0 radical (unpaired) electrons. The highest BCUT2D eigenvalue weighted by atomic mass is 32.1. The van der Waals surface area contributed by atoms with E-state index in [1.54, 1.807) is 18.3 Å². The number of thiazole rings is 1. The molecule has 4 nitrogen and oxygen atoms in total. The van der Waals surface area contributed by atoms with Crippen molar-refractivity contribution in [1.29, 1.82) is 0 Å². The van der Waals surface area contributed by atoms with Crippen molar-refractivity contribution in [3.63, 3.8) is 0 Å². The standard InChI is InChI=1S/C16H14N2O2S/c1-10(16(19)20)17-12-8-6-11(7-9-12)15-18-13-4-2-3-5-14(13)21-15/h2-10,17H,1H3,(H,19,20). The summed E-state index contributed by atoms with van der Waals surface area (Å²) in [5, 5.41) is 12.8. The molecule has 1 atom stereocenters. The molecule has 0 aliphatic rings. The third-order valence-electron chi connectivity index (χ3n) is 3.18. The molecule has 1 aromatic heterocycles. The van der Waals surface area contributed by atoms with Gasteiger partial charge >= 0.3 is 5.97 Å². The third kappa shape index (κ3) is 2.87. The fourth-order valence-corrected chi connectivity index (χ4v) is 2.99. The molecule has 0 bridgehead atoms. The van der Waals surface area contributed by atoms with Crippen LogP contribution in [0.2, 0.25) is 0 Å². The predicted molar refractivity (Wildman–Crippen MR) is 85.8 cm³/mol. The van der Waals surface area contributed by atoms with Crippen LogP contribution < -0.4 is 5.32 Å². The van der Waals surface area contributed by atoms with Crippen LogP contribution in [0.5, 0.6) is 0 Å². The number of hydrogen-bond acceptors (Lipinski definition) is 4. The Morgan fingerprint density at radius 3 is 2.57 bits per heavy atom. The second-order valence-corrected chi connectivity index (χ2v) is 5.80. The second kappa shape index (κ2) is 5.54. The summed E-state index contributed by atoms with van der Waals surface area (Å²) in [6, 6.07) is 15.1. The molecule has 0 saturated carbocycles. The van der Waals surface area contributed by atoms with Crippen LogP contribution in [0.4, 0.5) is 5.69 Å². The van der Waals surface area contributed by atoms with Crippen molar-refractivity contribution in [2.24, 2.45) is 0 Å². The van der Waals surface area contributed by atoms with Crippen molar-refractivity contribution in [2.75, 3.05) is 5.32 Å². The van der Waals surface area contributed by atoms with Crippen LogP contribution in [0.15, 0.2) is 48.5 Å². The first-order valence-electron chi connectivity index (χ1n) is 6.59. The lowest BCUT2D eigenvalue weighted by molar-refractivity contribution is -0.137. The molecular weight excluding hydrogens is 284 g/mol. The Bertz CT molecular complexity index is 747. The zero-order valence-corrected chi connectivity index (χ0v) is 12.2. The van der Waals surface area contributed by atoms with Crippen LogP contribution in [-0.2, 0) is 4.79 Å². The number of rotatable bonds is 4. The minimum atomic E-state index is -0.870. The smallest absolute Gasteiger partial charge is 0.325 e. The van der Waals surface area contributed by atoms with E-state index in [9.17, 15) is 4.79 Å². The monoisotopic (exact) mass is 298 g/mol. The number of aliphatic carboxylic acids is 1. The first-order valence-corrected chi connectivity index (χ1v) is 7.40. The Labute approximate surface area is 126 Å². The van der Waals surface area contributed by atoms with E-state index in [1.165, 1.54) is 0 Å². The van der Waals surface area contributed by atoms with Crippen molar-refractivity contribution in [3.8, 4) is 10.6 Å². The van der Waals surface area contributed by atoms with Crippen molar-refractivity contribution in [3.05, 3.63) is 48.5 Å². The van der Waals surface area contributed by atoms with E-state index in [0.717, 1.165) is 26.5 Å². The molecule has 2 aromatic carbocycles. The number of hydrogen-bond donors (Lipinski definition) is 2. The number of carbonyl (C=O) groups is 1. The van der Waals surface area contributed by atoms with Gasteiger partial charge in [-0.2, -0.15) is 0 Å². The lowest BCUT2D eigenvalue weighted by Gasteiger charge is -2.10. The van der Waals surface area contributed by atoms with E-state index in [2.05, 4.69) is 16.4 Å². The number of carboxylic acid groups (broad SMARTS) is 1. The Morgan fingerprint density at radius 2 is 1.90 bits per heavy atom. The highest BCUT2D eigenvalue weighted by Crippen LogP contribution is 2.30. The van der Waals surface area contributed by atoms with Crippen LogP contribution in [0, 0.1) is 0 Å². The van der Waals surface area contributed by atoms with Gasteiger partial charge in [0.25, 0.3) is 0 Å². The Morgan fingerprint density at radius 1 is 1.19 bits per heavy atom. The highest BCUT2D eigenvalue weighted by molar-refractivity contribution is 7.21. The number of nitrogens with zero attached hydrogens (tertiary/aromatic N) is 1. The van der Waals surface area contributed by atoms with E-state index >= 15 is 0 Å². The highest BCUT2D eigenvalue weighted by Gasteiger charge is 2.10. The third-order valence-corrected chi connectivity index (χ3v) is 4.26. The second-order valence-electron chi connectivity index (χ2n) is 4.77. The van der Waals surface area contributed by atoms with Gasteiger partial charge in [-0.25, -0.2) is 4.98 Å². The Balaban J connectivity index is 1.85. The Kier molecular flexibility index (Phi) is 3.58. The van der Waals surface area contributed by atoms with Crippen molar-refractivity contribution in [1.82, 2.24) is 4.98 Å². The van der Waals surface area contributed by atoms with Crippen LogP contribution in [0.3, 0.4) is 0 Å². The largest absolute Gasteiger partial charge is 0.480 e.